The van der Waals surface area contributed by atoms with Crippen LogP contribution in [0.25, 0.3) is 10.8 Å². The van der Waals surface area contributed by atoms with E-state index in [-0.39, 0.29) is 17.3 Å². The van der Waals surface area contributed by atoms with E-state index in [4.69, 9.17) is 4.74 Å². The lowest BCUT2D eigenvalue weighted by molar-refractivity contribution is 0.0682. The standard InChI is InChI=1S/C14H15NO4/c1-8(2)15-12(14(17)18)7-9-6-10(19-3)4-5-11(9)13(15)16/h4-8H,1-3H3,(H,17,18). The Hall–Kier alpha value is -2.30. The largest absolute Gasteiger partial charge is 0.497 e. The molecule has 0 aliphatic carbocycles. The summed E-state index contributed by atoms with van der Waals surface area (Å²) in [5.41, 5.74) is -0.312. The Kier molecular flexibility index (Phi) is 3.29. The SMILES string of the molecule is COc1ccc2c(=O)n(C(C)C)c(C(=O)O)cc2c1. The molecule has 1 heterocycles. The quantitative estimate of drug-likeness (QED) is 0.920. The minimum atomic E-state index is -1.12. The van der Waals surface area contributed by atoms with Crippen molar-refractivity contribution >= 4 is 16.7 Å². The van der Waals surface area contributed by atoms with Crippen LogP contribution in [0.1, 0.15) is 30.4 Å². The van der Waals surface area contributed by atoms with Crippen molar-refractivity contribution in [1.82, 2.24) is 4.57 Å². The molecule has 5 nitrogen and oxygen atoms in total. The van der Waals surface area contributed by atoms with E-state index >= 15 is 0 Å². The van der Waals surface area contributed by atoms with Gasteiger partial charge in [0.15, 0.2) is 0 Å². The molecule has 100 valence electrons. The fraction of sp³-hybridized carbons (Fsp3) is 0.286. The molecule has 0 spiro atoms. The molecule has 0 aliphatic heterocycles. The lowest BCUT2D eigenvalue weighted by Crippen LogP contribution is -2.27. The van der Waals surface area contributed by atoms with Crippen LogP contribution >= 0.6 is 0 Å². The Morgan fingerprint density at radius 3 is 2.53 bits per heavy atom. The summed E-state index contributed by atoms with van der Waals surface area (Å²) in [7, 11) is 1.52. The third-order valence-electron chi connectivity index (χ3n) is 3.00. The predicted molar refractivity (Wildman–Crippen MR) is 72.1 cm³/mol. The summed E-state index contributed by atoms with van der Waals surface area (Å²) in [4.78, 5) is 23.6. The summed E-state index contributed by atoms with van der Waals surface area (Å²) in [6.45, 7) is 3.56. The highest BCUT2D eigenvalue weighted by Crippen LogP contribution is 2.20. The Balaban J connectivity index is 2.89. The van der Waals surface area contributed by atoms with Gasteiger partial charge in [-0.15, -0.1) is 0 Å². The van der Waals surface area contributed by atoms with Crippen molar-refractivity contribution < 1.29 is 14.6 Å². The van der Waals surface area contributed by atoms with Crippen LogP contribution in [-0.2, 0) is 0 Å². The maximum atomic E-state index is 12.4. The fourth-order valence-electron chi connectivity index (χ4n) is 2.12. The third kappa shape index (κ3) is 2.19. The molecule has 0 aliphatic rings. The van der Waals surface area contributed by atoms with Crippen LogP contribution in [-0.4, -0.2) is 22.8 Å². The van der Waals surface area contributed by atoms with Gasteiger partial charge in [-0.3, -0.25) is 9.36 Å². The zero-order chi connectivity index (χ0) is 14.2. The van der Waals surface area contributed by atoms with E-state index in [0.29, 0.717) is 16.5 Å². The molecule has 0 amide bonds. The number of rotatable bonds is 3. The van der Waals surface area contributed by atoms with E-state index in [1.165, 1.54) is 17.7 Å². The van der Waals surface area contributed by atoms with Gasteiger partial charge in [0, 0.05) is 11.4 Å². The molecule has 0 fully saturated rings. The molecule has 0 saturated heterocycles. The van der Waals surface area contributed by atoms with E-state index in [0.717, 1.165) is 0 Å². The van der Waals surface area contributed by atoms with Gasteiger partial charge in [0.25, 0.3) is 5.56 Å². The number of carbonyl (C=O) groups is 1. The number of nitrogens with zero attached hydrogens (tertiary/aromatic N) is 1. The highest BCUT2D eigenvalue weighted by Gasteiger charge is 2.16. The summed E-state index contributed by atoms with van der Waals surface area (Å²) in [5.74, 6) is -0.527. The summed E-state index contributed by atoms with van der Waals surface area (Å²) < 4.78 is 6.37. The molecule has 19 heavy (non-hydrogen) atoms. The molecule has 5 heteroatoms. The van der Waals surface area contributed by atoms with Crippen molar-refractivity contribution in [2.45, 2.75) is 19.9 Å². The van der Waals surface area contributed by atoms with Crippen molar-refractivity contribution in [2.24, 2.45) is 0 Å². The van der Waals surface area contributed by atoms with E-state index in [2.05, 4.69) is 0 Å². The molecule has 1 aromatic heterocycles. The van der Waals surface area contributed by atoms with E-state index < -0.39 is 5.97 Å². The van der Waals surface area contributed by atoms with E-state index in [1.807, 2.05) is 0 Å². The van der Waals surface area contributed by atoms with Crippen LogP contribution in [0.3, 0.4) is 0 Å². The van der Waals surface area contributed by atoms with Crippen LogP contribution in [0.5, 0.6) is 5.75 Å². The number of carboxylic acid groups (broad SMARTS) is 1. The van der Waals surface area contributed by atoms with Gasteiger partial charge in [0.1, 0.15) is 11.4 Å². The Morgan fingerprint density at radius 2 is 2.00 bits per heavy atom. The van der Waals surface area contributed by atoms with Crippen molar-refractivity contribution in [3.63, 3.8) is 0 Å². The Morgan fingerprint density at radius 1 is 1.32 bits per heavy atom. The highest BCUT2D eigenvalue weighted by atomic mass is 16.5. The van der Waals surface area contributed by atoms with Gasteiger partial charge in [-0.05, 0) is 43.5 Å². The molecule has 2 rings (SSSR count). The second kappa shape index (κ2) is 4.76. The zero-order valence-electron chi connectivity index (χ0n) is 11.0. The lowest BCUT2D eigenvalue weighted by Gasteiger charge is -2.15. The average molecular weight is 261 g/mol. The van der Waals surface area contributed by atoms with E-state index in [9.17, 15) is 14.7 Å². The molecule has 2 aromatic rings. The van der Waals surface area contributed by atoms with Gasteiger partial charge in [-0.2, -0.15) is 0 Å². The maximum absolute atomic E-state index is 12.4. The van der Waals surface area contributed by atoms with Crippen molar-refractivity contribution in [3.05, 3.63) is 40.3 Å². The Bertz CT molecular complexity index is 700. The van der Waals surface area contributed by atoms with Gasteiger partial charge in [-0.25, -0.2) is 4.79 Å². The Labute approximate surface area is 110 Å². The lowest BCUT2D eigenvalue weighted by atomic mass is 10.1. The second-order valence-electron chi connectivity index (χ2n) is 4.56. The van der Waals surface area contributed by atoms with Crippen LogP contribution in [0.15, 0.2) is 29.1 Å². The first-order valence-electron chi connectivity index (χ1n) is 5.92. The number of benzene rings is 1. The molecule has 0 saturated carbocycles. The number of ether oxygens (including phenoxy) is 1. The van der Waals surface area contributed by atoms with Crippen molar-refractivity contribution in [1.29, 1.82) is 0 Å². The first-order valence-corrected chi connectivity index (χ1v) is 5.92. The zero-order valence-corrected chi connectivity index (χ0v) is 11.0. The first-order chi connectivity index (χ1) is 8.95. The van der Waals surface area contributed by atoms with Crippen LogP contribution in [0.4, 0.5) is 0 Å². The maximum Gasteiger partial charge on any atom is 0.352 e. The molecule has 1 aromatic carbocycles. The molecular formula is C14H15NO4. The van der Waals surface area contributed by atoms with Crippen molar-refractivity contribution in [2.75, 3.05) is 7.11 Å². The number of hydrogen-bond acceptors (Lipinski definition) is 3. The number of aromatic nitrogens is 1. The number of aromatic carboxylic acids is 1. The van der Waals surface area contributed by atoms with Crippen LogP contribution in [0.2, 0.25) is 0 Å². The molecule has 0 radical (unpaired) electrons. The smallest absolute Gasteiger partial charge is 0.352 e. The minimum absolute atomic E-state index is 0.0132. The minimum Gasteiger partial charge on any atom is -0.497 e. The summed E-state index contributed by atoms with van der Waals surface area (Å²) in [6.07, 6.45) is 0. The average Bonchev–Trinajstić information content (AvgIpc) is 2.37. The van der Waals surface area contributed by atoms with Gasteiger partial charge >= 0.3 is 5.97 Å². The topological polar surface area (TPSA) is 68.5 Å². The summed E-state index contributed by atoms with van der Waals surface area (Å²) >= 11 is 0. The number of methoxy groups -OCH3 is 1. The van der Waals surface area contributed by atoms with Crippen LogP contribution in [0, 0.1) is 0 Å². The molecular weight excluding hydrogens is 246 g/mol. The molecule has 1 N–H and O–H groups in total. The monoisotopic (exact) mass is 261 g/mol. The number of hydrogen-bond donors (Lipinski definition) is 1. The van der Waals surface area contributed by atoms with Crippen molar-refractivity contribution in [3.8, 4) is 5.75 Å². The normalized spacial score (nSPS) is 10.9. The van der Waals surface area contributed by atoms with Gasteiger partial charge in [-0.1, -0.05) is 0 Å². The number of fused-ring (bicyclic) bond motifs is 1. The fourth-order valence-corrected chi connectivity index (χ4v) is 2.12. The molecule has 0 atom stereocenters. The third-order valence-corrected chi connectivity index (χ3v) is 3.00. The first kappa shape index (κ1) is 13.1. The highest BCUT2D eigenvalue weighted by molar-refractivity contribution is 5.92. The van der Waals surface area contributed by atoms with E-state index in [1.54, 1.807) is 32.0 Å². The van der Waals surface area contributed by atoms with Gasteiger partial charge in [0.05, 0.1) is 7.11 Å². The molecule has 0 bridgehead atoms. The summed E-state index contributed by atoms with van der Waals surface area (Å²) in [6, 6.07) is 6.29. The number of pyridine rings is 1. The molecule has 0 unspecified atom stereocenters. The second-order valence-corrected chi connectivity index (χ2v) is 4.56. The predicted octanol–water partition coefficient (Wildman–Crippen LogP) is 2.29. The van der Waals surface area contributed by atoms with Gasteiger partial charge < -0.3 is 9.84 Å². The van der Waals surface area contributed by atoms with Gasteiger partial charge in [0.2, 0.25) is 0 Å². The summed E-state index contributed by atoms with van der Waals surface area (Å²) in [5, 5.41) is 10.3. The van der Waals surface area contributed by atoms with Crippen LogP contribution < -0.4 is 10.3 Å². The number of carboxylic acids is 1.